The van der Waals surface area contributed by atoms with Crippen LogP contribution in [0.1, 0.15) is 27.0 Å². The van der Waals surface area contributed by atoms with Crippen LogP contribution in [0.3, 0.4) is 0 Å². The summed E-state index contributed by atoms with van der Waals surface area (Å²) in [6, 6.07) is 14.4. The van der Waals surface area contributed by atoms with Crippen LogP contribution < -0.4 is 0 Å². The van der Waals surface area contributed by atoms with Gasteiger partial charge in [0.1, 0.15) is 0 Å². The minimum atomic E-state index is 0.159. The van der Waals surface area contributed by atoms with Crippen LogP contribution in [0.2, 0.25) is 0 Å². The van der Waals surface area contributed by atoms with Crippen LogP contribution in [0, 0.1) is 20.8 Å². The van der Waals surface area contributed by atoms with Crippen molar-refractivity contribution in [3.8, 4) is 0 Å². The van der Waals surface area contributed by atoms with Gasteiger partial charge in [0.2, 0.25) is 0 Å². The molecule has 0 spiro atoms. The van der Waals surface area contributed by atoms with E-state index in [-0.39, 0.29) is 5.78 Å². The van der Waals surface area contributed by atoms with Gasteiger partial charge in [0.15, 0.2) is 5.78 Å². The highest BCUT2D eigenvalue weighted by Crippen LogP contribution is 2.19. The van der Waals surface area contributed by atoms with Crippen molar-refractivity contribution in [2.45, 2.75) is 27.3 Å². The zero-order valence-electron chi connectivity index (χ0n) is 12.7. The molecule has 0 saturated carbocycles. The molecule has 1 heterocycles. The Morgan fingerprint density at radius 1 is 0.952 bits per heavy atom. The molecule has 2 nitrogen and oxygen atoms in total. The van der Waals surface area contributed by atoms with E-state index >= 15 is 0 Å². The van der Waals surface area contributed by atoms with E-state index in [1.54, 1.807) is 0 Å². The van der Waals surface area contributed by atoms with Crippen molar-refractivity contribution in [3.63, 3.8) is 0 Å². The Hall–Kier alpha value is -2.35. The summed E-state index contributed by atoms with van der Waals surface area (Å²) < 4.78 is 2.03. The predicted octanol–water partition coefficient (Wildman–Crippen LogP) is 4.45. The minimum absolute atomic E-state index is 0.159. The molecule has 2 heteroatoms. The van der Waals surface area contributed by atoms with Gasteiger partial charge >= 0.3 is 0 Å². The summed E-state index contributed by atoms with van der Waals surface area (Å²) in [6.07, 6.45) is 1.99. The van der Waals surface area contributed by atoms with E-state index < -0.39 is 0 Å². The van der Waals surface area contributed by atoms with Gasteiger partial charge in [-0.15, -0.1) is 0 Å². The Balaban J connectivity index is 1.94. The minimum Gasteiger partial charge on any atom is -0.340 e. The first-order valence-corrected chi connectivity index (χ1v) is 7.20. The SMILES string of the molecule is Cc1ccc(C(=O)Cn2ccc3ccc(C)cc32)c(C)c1. The lowest BCUT2D eigenvalue weighted by molar-refractivity contribution is 0.0973. The van der Waals surface area contributed by atoms with E-state index in [0.717, 1.165) is 16.6 Å². The number of aryl methyl sites for hydroxylation is 3. The monoisotopic (exact) mass is 277 g/mol. The summed E-state index contributed by atoms with van der Waals surface area (Å²) in [7, 11) is 0. The molecule has 0 aliphatic carbocycles. The van der Waals surface area contributed by atoms with Crippen molar-refractivity contribution in [3.05, 3.63) is 70.9 Å². The lowest BCUT2D eigenvalue weighted by atomic mass is 10.0. The van der Waals surface area contributed by atoms with Crippen LogP contribution in [0.4, 0.5) is 0 Å². The number of fused-ring (bicyclic) bond motifs is 1. The summed E-state index contributed by atoms with van der Waals surface area (Å²) in [5, 5.41) is 1.18. The molecule has 106 valence electrons. The Labute approximate surface area is 125 Å². The summed E-state index contributed by atoms with van der Waals surface area (Å²) >= 11 is 0. The first-order chi connectivity index (χ1) is 10.0. The molecular weight excluding hydrogens is 258 g/mol. The number of rotatable bonds is 3. The van der Waals surface area contributed by atoms with Gasteiger partial charge in [-0.3, -0.25) is 4.79 Å². The molecule has 0 bridgehead atoms. The van der Waals surface area contributed by atoms with Crippen molar-refractivity contribution in [1.29, 1.82) is 0 Å². The van der Waals surface area contributed by atoms with Crippen molar-refractivity contribution in [2.24, 2.45) is 0 Å². The average Bonchev–Trinajstić information content (AvgIpc) is 2.81. The predicted molar refractivity (Wildman–Crippen MR) is 86.9 cm³/mol. The van der Waals surface area contributed by atoms with Crippen molar-refractivity contribution >= 4 is 16.7 Å². The molecule has 0 N–H and O–H groups in total. The third-order valence-electron chi connectivity index (χ3n) is 3.93. The largest absolute Gasteiger partial charge is 0.340 e. The molecule has 0 aliphatic heterocycles. The zero-order valence-corrected chi connectivity index (χ0v) is 12.7. The van der Waals surface area contributed by atoms with E-state index in [9.17, 15) is 4.79 Å². The number of carbonyl (C=O) groups excluding carboxylic acids is 1. The third-order valence-corrected chi connectivity index (χ3v) is 3.93. The summed E-state index contributed by atoms with van der Waals surface area (Å²) in [5.41, 5.74) is 5.38. The van der Waals surface area contributed by atoms with Crippen LogP contribution >= 0.6 is 0 Å². The molecule has 0 radical (unpaired) electrons. The second kappa shape index (κ2) is 5.21. The molecule has 0 aliphatic rings. The maximum atomic E-state index is 12.6. The van der Waals surface area contributed by atoms with E-state index in [4.69, 9.17) is 0 Å². The molecule has 3 rings (SSSR count). The van der Waals surface area contributed by atoms with Crippen molar-refractivity contribution < 1.29 is 4.79 Å². The normalized spacial score (nSPS) is 11.0. The first kappa shape index (κ1) is 13.6. The van der Waals surface area contributed by atoms with Gasteiger partial charge in [-0.1, -0.05) is 35.9 Å². The summed E-state index contributed by atoms with van der Waals surface area (Å²) in [4.78, 5) is 12.6. The topological polar surface area (TPSA) is 22.0 Å². The second-order valence-electron chi connectivity index (χ2n) is 5.75. The second-order valence-corrected chi connectivity index (χ2v) is 5.75. The highest BCUT2D eigenvalue weighted by molar-refractivity contribution is 5.98. The molecule has 21 heavy (non-hydrogen) atoms. The van der Waals surface area contributed by atoms with Gasteiger partial charge in [0.05, 0.1) is 6.54 Å². The van der Waals surface area contributed by atoms with E-state index in [1.807, 2.05) is 36.7 Å². The molecule has 0 saturated heterocycles. The number of hydrogen-bond acceptors (Lipinski definition) is 1. The molecule has 0 fully saturated rings. The van der Waals surface area contributed by atoms with E-state index in [1.165, 1.54) is 16.5 Å². The van der Waals surface area contributed by atoms with Gasteiger partial charge in [0.25, 0.3) is 0 Å². The average molecular weight is 277 g/mol. The first-order valence-electron chi connectivity index (χ1n) is 7.20. The third kappa shape index (κ3) is 2.62. The molecule has 1 aromatic heterocycles. The van der Waals surface area contributed by atoms with Gasteiger partial charge in [-0.05, 0) is 49.4 Å². The van der Waals surface area contributed by atoms with E-state index in [0.29, 0.717) is 6.54 Å². The maximum Gasteiger partial charge on any atom is 0.182 e. The molecule has 0 unspecified atom stereocenters. The number of nitrogens with zero attached hydrogens (tertiary/aromatic N) is 1. The Kier molecular flexibility index (Phi) is 3.38. The van der Waals surface area contributed by atoms with Crippen LogP contribution in [-0.2, 0) is 6.54 Å². The standard InChI is InChI=1S/C19H19NO/c1-13-5-7-17(15(3)10-13)19(21)12-20-9-8-16-6-4-14(2)11-18(16)20/h4-11H,12H2,1-3H3. The van der Waals surface area contributed by atoms with Crippen LogP contribution in [-0.4, -0.2) is 10.4 Å². The highest BCUT2D eigenvalue weighted by Gasteiger charge is 2.11. The number of ketones is 1. The van der Waals surface area contributed by atoms with E-state index in [2.05, 4.69) is 37.3 Å². The molecule has 2 aromatic carbocycles. The lowest BCUT2D eigenvalue weighted by Gasteiger charge is -2.08. The fraction of sp³-hybridized carbons (Fsp3) is 0.211. The lowest BCUT2D eigenvalue weighted by Crippen LogP contribution is -2.11. The number of benzene rings is 2. The fourth-order valence-electron chi connectivity index (χ4n) is 2.80. The zero-order chi connectivity index (χ0) is 15.0. The molecule has 3 aromatic rings. The Morgan fingerprint density at radius 3 is 2.43 bits per heavy atom. The van der Waals surface area contributed by atoms with Crippen molar-refractivity contribution in [1.82, 2.24) is 4.57 Å². The van der Waals surface area contributed by atoms with Gasteiger partial charge < -0.3 is 4.57 Å². The summed E-state index contributed by atoms with van der Waals surface area (Å²) in [6.45, 7) is 6.50. The quantitative estimate of drug-likeness (QED) is 0.648. The van der Waals surface area contributed by atoms with Gasteiger partial charge in [0, 0.05) is 17.3 Å². The molecule has 0 atom stereocenters. The number of aromatic nitrogens is 1. The van der Waals surface area contributed by atoms with Crippen LogP contribution in [0.5, 0.6) is 0 Å². The van der Waals surface area contributed by atoms with Gasteiger partial charge in [-0.2, -0.15) is 0 Å². The maximum absolute atomic E-state index is 12.6. The van der Waals surface area contributed by atoms with Crippen LogP contribution in [0.25, 0.3) is 10.9 Å². The molecular formula is C19H19NO. The Bertz CT molecular complexity index is 827. The highest BCUT2D eigenvalue weighted by atomic mass is 16.1. The van der Waals surface area contributed by atoms with Gasteiger partial charge in [-0.25, -0.2) is 0 Å². The smallest absolute Gasteiger partial charge is 0.182 e. The summed E-state index contributed by atoms with van der Waals surface area (Å²) in [5.74, 6) is 0.159. The Morgan fingerprint density at radius 2 is 1.67 bits per heavy atom. The number of hydrogen-bond donors (Lipinski definition) is 0. The number of carbonyl (C=O) groups is 1. The molecule has 0 amide bonds. The fourth-order valence-corrected chi connectivity index (χ4v) is 2.80. The van der Waals surface area contributed by atoms with Crippen molar-refractivity contribution in [2.75, 3.05) is 0 Å². The van der Waals surface area contributed by atoms with Crippen LogP contribution in [0.15, 0.2) is 48.7 Å². The number of Topliss-reactive ketones (excluding diaryl/α,β-unsaturated/α-hetero) is 1.